The molecule has 1 atom stereocenters. The van der Waals surface area contributed by atoms with Crippen LogP contribution in [0, 0.1) is 0 Å². The molecule has 2 fully saturated rings. The largest absolute Gasteiger partial charge is 0.369 e. The zero-order valence-corrected chi connectivity index (χ0v) is 21.6. The van der Waals surface area contributed by atoms with Gasteiger partial charge < -0.3 is 14.4 Å². The van der Waals surface area contributed by atoms with Crippen molar-refractivity contribution in [3.8, 4) is 0 Å². The SMILES string of the molecule is CC(C)(C)SOC[C@H]1CN(c2ccc(S(=O)(=O)NC3CCCCCCCC3)cc2)CCN1. The molecule has 2 N–H and O–H groups in total. The zero-order chi connectivity index (χ0) is 23.0. The van der Waals surface area contributed by atoms with E-state index in [0.29, 0.717) is 11.5 Å². The second-order valence-electron chi connectivity index (χ2n) is 10.1. The second-order valence-corrected chi connectivity index (χ2v) is 13.4. The lowest BCUT2D eigenvalue weighted by Crippen LogP contribution is -2.52. The first-order valence-electron chi connectivity index (χ1n) is 12.1. The average molecular weight is 484 g/mol. The van der Waals surface area contributed by atoms with Gasteiger partial charge in [-0.1, -0.05) is 38.5 Å². The fraction of sp³-hybridized carbons (Fsp3) is 0.750. The van der Waals surface area contributed by atoms with Gasteiger partial charge in [-0.3, -0.25) is 0 Å². The molecular formula is C24H41N3O3S2. The number of anilines is 1. The molecule has 3 rings (SSSR count). The van der Waals surface area contributed by atoms with E-state index >= 15 is 0 Å². The first kappa shape index (κ1) is 25.8. The van der Waals surface area contributed by atoms with Gasteiger partial charge in [-0.25, -0.2) is 13.1 Å². The lowest BCUT2D eigenvalue weighted by Gasteiger charge is -2.35. The minimum Gasteiger partial charge on any atom is -0.369 e. The van der Waals surface area contributed by atoms with E-state index in [2.05, 4.69) is 35.7 Å². The molecule has 32 heavy (non-hydrogen) atoms. The van der Waals surface area contributed by atoms with Crippen LogP contribution < -0.4 is 14.9 Å². The maximum Gasteiger partial charge on any atom is 0.240 e. The number of benzene rings is 1. The van der Waals surface area contributed by atoms with E-state index in [4.69, 9.17) is 4.18 Å². The Labute approximate surface area is 199 Å². The zero-order valence-electron chi connectivity index (χ0n) is 19.9. The summed E-state index contributed by atoms with van der Waals surface area (Å²) in [6.07, 6.45) is 9.05. The Bertz CT molecular complexity index is 784. The summed E-state index contributed by atoms with van der Waals surface area (Å²) < 4.78 is 34.8. The summed E-state index contributed by atoms with van der Waals surface area (Å²) in [6.45, 7) is 9.70. The summed E-state index contributed by atoms with van der Waals surface area (Å²) in [5.74, 6) is 0. The van der Waals surface area contributed by atoms with Crippen LogP contribution in [0.15, 0.2) is 29.2 Å². The molecule has 1 aromatic carbocycles. The van der Waals surface area contributed by atoms with E-state index in [1.165, 1.54) is 37.7 Å². The molecular weight excluding hydrogens is 442 g/mol. The van der Waals surface area contributed by atoms with Gasteiger partial charge in [0, 0.05) is 42.2 Å². The van der Waals surface area contributed by atoms with Gasteiger partial charge in [-0.05, 0) is 69.9 Å². The summed E-state index contributed by atoms with van der Waals surface area (Å²) >= 11 is 1.51. The number of nitrogens with zero attached hydrogens (tertiary/aromatic N) is 1. The molecule has 182 valence electrons. The van der Waals surface area contributed by atoms with E-state index < -0.39 is 10.0 Å². The van der Waals surface area contributed by atoms with Crippen molar-refractivity contribution in [2.45, 2.75) is 93.9 Å². The van der Waals surface area contributed by atoms with Crippen LogP contribution >= 0.6 is 12.0 Å². The van der Waals surface area contributed by atoms with Gasteiger partial charge in [-0.2, -0.15) is 0 Å². The highest BCUT2D eigenvalue weighted by atomic mass is 32.2. The summed E-state index contributed by atoms with van der Waals surface area (Å²) in [6, 6.07) is 7.67. The molecule has 0 spiro atoms. The van der Waals surface area contributed by atoms with Crippen molar-refractivity contribution in [2.24, 2.45) is 0 Å². The fourth-order valence-corrected chi connectivity index (χ4v) is 6.23. The molecule has 1 aromatic rings. The molecule has 1 aliphatic heterocycles. The highest BCUT2D eigenvalue weighted by Gasteiger charge is 2.23. The lowest BCUT2D eigenvalue weighted by molar-refractivity contribution is 0.287. The van der Waals surface area contributed by atoms with Crippen molar-refractivity contribution in [1.29, 1.82) is 0 Å². The van der Waals surface area contributed by atoms with E-state index in [9.17, 15) is 8.42 Å². The average Bonchev–Trinajstić information content (AvgIpc) is 2.87. The molecule has 2 aliphatic rings. The summed E-state index contributed by atoms with van der Waals surface area (Å²) in [5.41, 5.74) is 1.06. The van der Waals surface area contributed by atoms with Gasteiger partial charge in [0.1, 0.15) is 0 Å². The van der Waals surface area contributed by atoms with Crippen LogP contribution in [-0.4, -0.2) is 51.5 Å². The van der Waals surface area contributed by atoms with Gasteiger partial charge >= 0.3 is 0 Å². The minimum atomic E-state index is -3.49. The highest BCUT2D eigenvalue weighted by molar-refractivity contribution is 7.96. The Kier molecular flexibility index (Phi) is 9.73. The van der Waals surface area contributed by atoms with Gasteiger partial charge in [0.2, 0.25) is 10.0 Å². The van der Waals surface area contributed by atoms with Crippen molar-refractivity contribution in [3.63, 3.8) is 0 Å². The van der Waals surface area contributed by atoms with Crippen molar-refractivity contribution >= 4 is 27.8 Å². The first-order chi connectivity index (χ1) is 15.2. The number of sulfonamides is 1. The molecule has 6 nitrogen and oxygen atoms in total. The highest BCUT2D eigenvalue weighted by Crippen LogP contribution is 2.25. The Balaban J connectivity index is 1.56. The maximum atomic E-state index is 13.0. The summed E-state index contributed by atoms with van der Waals surface area (Å²) in [5, 5.41) is 3.51. The van der Waals surface area contributed by atoms with Crippen molar-refractivity contribution in [2.75, 3.05) is 31.1 Å². The maximum absolute atomic E-state index is 13.0. The van der Waals surface area contributed by atoms with E-state index in [0.717, 1.165) is 51.0 Å². The van der Waals surface area contributed by atoms with Crippen LogP contribution in [0.3, 0.4) is 0 Å². The molecule has 0 amide bonds. The van der Waals surface area contributed by atoms with E-state index in [1.807, 2.05) is 12.1 Å². The molecule has 0 aromatic heterocycles. The quantitative estimate of drug-likeness (QED) is 0.548. The van der Waals surface area contributed by atoms with Crippen LogP contribution in [0.2, 0.25) is 0 Å². The lowest BCUT2D eigenvalue weighted by atomic mass is 10.1. The summed E-state index contributed by atoms with van der Waals surface area (Å²) in [4.78, 5) is 2.66. The third kappa shape index (κ3) is 8.52. The van der Waals surface area contributed by atoms with Crippen molar-refractivity contribution < 1.29 is 12.6 Å². The van der Waals surface area contributed by atoms with Crippen molar-refractivity contribution in [1.82, 2.24) is 10.0 Å². The summed E-state index contributed by atoms with van der Waals surface area (Å²) in [7, 11) is -3.49. The smallest absolute Gasteiger partial charge is 0.240 e. The van der Waals surface area contributed by atoms with Crippen LogP contribution in [-0.2, 0) is 14.2 Å². The molecule has 0 unspecified atom stereocenters. The van der Waals surface area contributed by atoms with Crippen LogP contribution in [0.5, 0.6) is 0 Å². The molecule has 1 saturated heterocycles. The third-order valence-corrected chi connectivity index (χ3v) is 8.31. The predicted molar refractivity (Wildman–Crippen MR) is 135 cm³/mol. The van der Waals surface area contributed by atoms with Gasteiger partial charge in [0.15, 0.2) is 0 Å². The molecule has 1 saturated carbocycles. The number of rotatable bonds is 7. The first-order valence-corrected chi connectivity index (χ1v) is 14.4. The van der Waals surface area contributed by atoms with Crippen LogP contribution in [0.25, 0.3) is 0 Å². The topological polar surface area (TPSA) is 70.7 Å². The number of hydrogen-bond donors (Lipinski definition) is 2. The molecule has 1 aliphatic carbocycles. The predicted octanol–water partition coefficient (Wildman–Crippen LogP) is 4.71. The Hall–Kier alpha value is -0.800. The standard InChI is InChI=1S/C24H41N3O3S2/c1-24(2,3)31-30-19-21-18-27(17-16-25-21)22-12-14-23(15-13-22)32(28,29)26-20-10-8-6-4-5-7-9-11-20/h12-15,20-21,25-26H,4-11,16-19H2,1-3H3/t21-/m1/s1. The monoisotopic (exact) mass is 483 g/mol. The second kappa shape index (κ2) is 12.1. The normalized spacial score (nSPS) is 22.2. The van der Waals surface area contributed by atoms with Gasteiger partial charge in [-0.15, -0.1) is 0 Å². The Morgan fingerprint density at radius 2 is 1.69 bits per heavy atom. The fourth-order valence-electron chi connectivity index (χ4n) is 4.34. The molecule has 8 heteroatoms. The van der Waals surface area contributed by atoms with Crippen LogP contribution in [0.1, 0.15) is 72.1 Å². The molecule has 0 bridgehead atoms. The number of hydrogen-bond acceptors (Lipinski definition) is 6. The third-order valence-electron chi connectivity index (χ3n) is 6.02. The van der Waals surface area contributed by atoms with Crippen LogP contribution in [0.4, 0.5) is 5.69 Å². The molecule has 1 heterocycles. The Morgan fingerprint density at radius 1 is 1.06 bits per heavy atom. The molecule has 0 radical (unpaired) electrons. The van der Waals surface area contributed by atoms with Gasteiger partial charge in [0.25, 0.3) is 0 Å². The van der Waals surface area contributed by atoms with Gasteiger partial charge in [0.05, 0.1) is 11.5 Å². The van der Waals surface area contributed by atoms with Crippen molar-refractivity contribution in [3.05, 3.63) is 24.3 Å². The Morgan fingerprint density at radius 3 is 2.31 bits per heavy atom. The number of piperazine rings is 1. The van der Waals surface area contributed by atoms with E-state index in [1.54, 1.807) is 12.1 Å². The minimum absolute atomic E-state index is 0.0534. The van der Waals surface area contributed by atoms with E-state index in [-0.39, 0.29) is 16.8 Å². The number of nitrogens with one attached hydrogen (secondary N) is 2.